The Kier molecular flexibility index (Phi) is 4.84. The first-order chi connectivity index (χ1) is 11.8. The van der Waals surface area contributed by atoms with Gasteiger partial charge in [-0.25, -0.2) is 4.79 Å². The van der Waals surface area contributed by atoms with Gasteiger partial charge in [-0.05, 0) is 36.1 Å². The highest BCUT2D eigenvalue weighted by atomic mass is 35.5. The number of hydrogen-bond donors (Lipinski definition) is 2. The number of hydrogen-bond acceptors (Lipinski definition) is 4. The number of halogens is 2. The molecular formula is C18H19Cl2NO4. The van der Waals surface area contributed by atoms with Crippen molar-refractivity contribution >= 4 is 40.5 Å². The van der Waals surface area contributed by atoms with Crippen molar-refractivity contribution < 1.29 is 19.4 Å². The molecule has 0 saturated carbocycles. The van der Waals surface area contributed by atoms with Crippen LogP contribution < -0.4 is 10.5 Å². The Balaban J connectivity index is 2.17. The quantitative estimate of drug-likeness (QED) is 0.801. The second-order valence-corrected chi connectivity index (χ2v) is 7.31. The van der Waals surface area contributed by atoms with Crippen molar-refractivity contribution in [3.8, 4) is 5.75 Å². The Morgan fingerprint density at radius 2 is 2.16 bits per heavy atom. The number of carboxylic acids is 1. The lowest BCUT2D eigenvalue weighted by Gasteiger charge is -2.37. The van der Waals surface area contributed by atoms with E-state index in [2.05, 4.69) is 6.92 Å². The molecule has 5 nitrogen and oxygen atoms in total. The van der Waals surface area contributed by atoms with Gasteiger partial charge >= 0.3 is 5.97 Å². The average molecular weight is 384 g/mol. The van der Waals surface area contributed by atoms with Crippen molar-refractivity contribution in [1.29, 1.82) is 0 Å². The molecule has 134 valence electrons. The third kappa shape index (κ3) is 2.84. The lowest BCUT2D eigenvalue weighted by atomic mass is 9.68. The van der Waals surface area contributed by atoms with Crippen LogP contribution in [0.25, 0.3) is 5.57 Å². The SMILES string of the molecule is CCC[C@@]12CCC(=O)C=C1c1c(cc(OCC(=O)O)c(Cl)c1Cl)C2N. The molecule has 0 spiro atoms. The minimum absolute atomic E-state index is 0.0557. The fraction of sp³-hybridized carbons (Fsp3) is 0.444. The largest absolute Gasteiger partial charge is 0.480 e. The molecule has 7 heteroatoms. The number of ketones is 1. The second kappa shape index (κ2) is 6.63. The topological polar surface area (TPSA) is 89.6 Å². The van der Waals surface area contributed by atoms with Crippen LogP contribution >= 0.6 is 23.2 Å². The highest BCUT2D eigenvalue weighted by molar-refractivity contribution is 6.44. The van der Waals surface area contributed by atoms with Crippen molar-refractivity contribution in [2.75, 3.05) is 6.61 Å². The van der Waals surface area contributed by atoms with Crippen molar-refractivity contribution in [3.05, 3.63) is 33.3 Å². The van der Waals surface area contributed by atoms with Gasteiger partial charge in [0.25, 0.3) is 0 Å². The molecule has 2 aliphatic rings. The third-order valence-corrected chi connectivity index (χ3v) is 5.96. The fourth-order valence-electron chi connectivity index (χ4n) is 4.05. The predicted octanol–water partition coefficient (Wildman–Crippen LogP) is 4.00. The number of allylic oxidation sites excluding steroid dienone is 1. The molecule has 25 heavy (non-hydrogen) atoms. The summed E-state index contributed by atoms with van der Waals surface area (Å²) in [6.07, 6.45) is 4.52. The van der Waals surface area contributed by atoms with E-state index >= 15 is 0 Å². The Morgan fingerprint density at radius 3 is 2.80 bits per heavy atom. The number of carbonyl (C=O) groups excluding carboxylic acids is 1. The van der Waals surface area contributed by atoms with E-state index < -0.39 is 12.6 Å². The maximum atomic E-state index is 12.0. The maximum Gasteiger partial charge on any atom is 0.341 e. The molecule has 2 aliphatic carbocycles. The van der Waals surface area contributed by atoms with Gasteiger partial charge in [0, 0.05) is 23.4 Å². The van der Waals surface area contributed by atoms with E-state index in [1.54, 1.807) is 12.1 Å². The van der Waals surface area contributed by atoms with Gasteiger partial charge < -0.3 is 15.6 Å². The molecule has 0 bridgehead atoms. The monoisotopic (exact) mass is 383 g/mol. The average Bonchev–Trinajstić information content (AvgIpc) is 2.79. The van der Waals surface area contributed by atoms with Crippen LogP contribution in [0.4, 0.5) is 0 Å². The van der Waals surface area contributed by atoms with E-state index in [4.69, 9.17) is 38.8 Å². The minimum Gasteiger partial charge on any atom is -0.480 e. The molecule has 0 amide bonds. The Labute approximate surface area is 155 Å². The van der Waals surface area contributed by atoms with Crippen molar-refractivity contribution in [2.45, 2.75) is 38.6 Å². The van der Waals surface area contributed by atoms with Gasteiger partial charge in [0.2, 0.25) is 0 Å². The molecule has 2 atom stereocenters. The zero-order chi connectivity index (χ0) is 18.4. The molecular weight excluding hydrogens is 365 g/mol. The maximum absolute atomic E-state index is 12.0. The van der Waals surface area contributed by atoms with E-state index in [1.165, 1.54) is 0 Å². The van der Waals surface area contributed by atoms with Gasteiger partial charge in [0.05, 0.1) is 5.02 Å². The van der Waals surface area contributed by atoms with E-state index in [1.807, 2.05) is 0 Å². The predicted molar refractivity (Wildman–Crippen MR) is 96.1 cm³/mol. The fourth-order valence-corrected chi connectivity index (χ4v) is 4.55. The first kappa shape index (κ1) is 18.2. The van der Waals surface area contributed by atoms with Crippen LogP contribution in [0, 0.1) is 5.41 Å². The summed E-state index contributed by atoms with van der Waals surface area (Å²) in [7, 11) is 0. The van der Waals surface area contributed by atoms with Gasteiger partial charge in [0.15, 0.2) is 12.4 Å². The van der Waals surface area contributed by atoms with Gasteiger partial charge in [0.1, 0.15) is 10.8 Å². The molecule has 0 fully saturated rings. The molecule has 3 N–H and O–H groups in total. The van der Waals surface area contributed by atoms with Crippen LogP contribution in [0.2, 0.25) is 10.0 Å². The van der Waals surface area contributed by atoms with E-state index in [0.29, 0.717) is 18.4 Å². The molecule has 1 unspecified atom stereocenters. The van der Waals surface area contributed by atoms with E-state index in [0.717, 1.165) is 24.0 Å². The van der Waals surface area contributed by atoms with Gasteiger partial charge in [-0.3, -0.25) is 4.79 Å². The number of ether oxygens (including phenoxy) is 1. The second-order valence-electron chi connectivity index (χ2n) is 6.56. The third-order valence-electron chi connectivity index (χ3n) is 5.11. The zero-order valence-electron chi connectivity index (χ0n) is 13.8. The summed E-state index contributed by atoms with van der Waals surface area (Å²) in [6.45, 7) is 1.56. The first-order valence-corrected chi connectivity index (χ1v) is 8.95. The summed E-state index contributed by atoms with van der Waals surface area (Å²) in [6, 6.07) is 1.32. The Hall–Kier alpha value is -1.56. The number of benzene rings is 1. The molecule has 0 radical (unpaired) electrons. The minimum atomic E-state index is -1.11. The van der Waals surface area contributed by atoms with Crippen molar-refractivity contribution in [2.24, 2.45) is 11.1 Å². The normalized spacial score (nSPS) is 24.6. The molecule has 0 saturated heterocycles. The summed E-state index contributed by atoms with van der Waals surface area (Å²) < 4.78 is 5.26. The number of aliphatic carboxylic acids is 1. The van der Waals surface area contributed by atoms with Gasteiger partial charge in [-0.15, -0.1) is 0 Å². The number of nitrogens with two attached hydrogens (primary N) is 1. The van der Waals surface area contributed by atoms with Crippen LogP contribution in [0.1, 0.15) is 49.8 Å². The Morgan fingerprint density at radius 1 is 1.44 bits per heavy atom. The van der Waals surface area contributed by atoms with E-state index in [-0.39, 0.29) is 33.0 Å². The highest BCUT2D eigenvalue weighted by Crippen LogP contribution is 2.62. The molecule has 1 aromatic rings. The summed E-state index contributed by atoms with van der Waals surface area (Å²) >= 11 is 12.8. The lowest BCUT2D eigenvalue weighted by Crippen LogP contribution is -2.33. The van der Waals surface area contributed by atoms with E-state index in [9.17, 15) is 9.59 Å². The van der Waals surface area contributed by atoms with Crippen LogP contribution in [-0.4, -0.2) is 23.5 Å². The summed E-state index contributed by atoms with van der Waals surface area (Å²) in [5.74, 6) is -0.859. The van der Waals surface area contributed by atoms with Crippen LogP contribution in [0.5, 0.6) is 5.75 Å². The molecule has 3 rings (SSSR count). The summed E-state index contributed by atoms with van der Waals surface area (Å²) in [4.78, 5) is 22.8. The summed E-state index contributed by atoms with van der Waals surface area (Å²) in [5.41, 5.74) is 8.54. The molecule has 1 aromatic carbocycles. The smallest absolute Gasteiger partial charge is 0.341 e. The lowest BCUT2D eigenvalue weighted by molar-refractivity contribution is -0.139. The van der Waals surface area contributed by atoms with Crippen LogP contribution in [-0.2, 0) is 9.59 Å². The standard InChI is InChI=1S/C18H19Cl2NO4/c1-2-4-18-5-3-9(22)6-11(18)14-10(17(18)21)7-12(15(19)16(14)20)25-8-13(23)24/h6-7,17H,2-5,8,21H2,1H3,(H,23,24)/t17?,18-/m1/s1. The summed E-state index contributed by atoms with van der Waals surface area (Å²) in [5, 5.41) is 9.21. The highest BCUT2D eigenvalue weighted by Gasteiger charge is 2.50. The number of fused-ring (bicyclic) bond motifs is 3. The molecule has 0 aromatic heterocycles. The zero-order valence-corrected chi connectivity index (χ0v) is 15.3. The number of carboxylic acid groups (broad SMARTS) is 1. The molecule has 0 aliphatic heterocycles. The van der Waals surface area contributed by atoms with Crippen molar-refractivity contribution in [3.63, 3.8) is 0 Å². The van der Waals surface area contributed by atoms with Crippen LogP contribution in [0.3, 0.4) is 0 Å². The van der Waals surface area contributed by atoms with Crippen LogP contribution in [0.15, 0.2) is 12.1 Å². The van der Waals surface area contributed by atoms with Gasteiger partial charge in [-0.1, -0.05) is 36.5 Å². The van der Waals surface area contributed by atoms with Crippen molar-refractivity contribution in [1.82, 2.24) is 0 Å². The Bertz CT molecular complexity index is 790. The molecule has 0 heterocycles. The number of rotatable bonds is 5. The number of carbonyl (C=O) groups is 2. The van der Waals surface area contributed by atoms with Gasteiger partial charge in [-0.2, -0.15) is 0 Å². The first-order valence-electron chi connectivity index (χ1n) is 8.19.